The first-order valence-electron chi connectivity index (χ1n) is 16.8. The fourth-order valence-corrected chi connectivity index (χ4v) is 8.97. The number of allylic oxidation sites excluding steroid dienone is 3. The molecule has 0 saturated carbocycles. The molecule has 2 aromatic rings. The summed E-state index contributed by atoms with van der Waals surface area (Å²) in [5.74, 6) is -2.28. The van der Waals surface area contributed by atoms with E-state index >= 15 is 4.57 Å². The van der Waals surface area contributed by atoms with Crippen LogP contribution < -0.4 is 0 Å². The zero-order valence-electron chi connectivity index (χ0n) is 29.0. The molecule has 3 rings (SSSR count). The van der Waals surface area contributed by atoms with Gasteiger partial charge in [0.15, 0.2) is 0 Å². The van der Waals surface area contributed by atoms with Crippen LogP contribution in [0, 0.1) is 10.1 Å². The number of carbonyl (C=O) groups is 1. The minimum absolute atomic E-state index is 0.00341. The first-order chi connectivity index (χ1) is 22.4. The molecule has 1 aliphatic heterocycles. The van der Waals surface area contributed by atoms with Crippen molar-refractivity contribution >= 4 is 19.3 Å². The van der Waals surface area contributed by atoms with Crippen molar-refractivity contribution in [2.45, 2.75) is 105 Å². The summed E-state index contributed by atoms with van der Waals surface area (Å²) in [7, 11) is -2.20. The van der Waals surface area contributed by atoms with E-state index in [1.54, 1.807) is 13.0 Å². The van der Waals surface area contributed by atoms with Crippen molar-refractivity contribution in [3.05, 3.63) is 98.1 Å². The molecule has 2 aromatic carbocycles. The average Bonchev–Trinajstić information content (AvgIpc) is 3.04. The third kappa shape index (κ3) is 9.63. The van der Waals surface area contributed by atoms with E-state index in [4.69, 9.17) is 9.05 Å². The number of carboxylic acids is 1. The predicted molar refractivity (Wildman–Crippen MR) is 186 cm³/mol. The fourth-order valence-electron chi connectivity index (χ4n) is 6.28. The van der Waals surface area contributed by atoms with Gasteiger partial charge < -0.3 is 24.0 Å². The average molecular weight is 670 g/mol. The van der Waals surface area contributed by atoms with Crippen LogP contribution in [0.25, 0.3) is 0 Å². The van der Waals surface area contributed by atoms with E-state index in [0.717, 1.165) is 18.4 Å². The number of benzene rings is 2. The quantitative estimate of drug-likeness (QED) is 0.0886. The number of aliphatic carboxylic acids is 1. The second-order valence-corrected chi connectivity index (χ2v) is 14.2. The minimum Gasteiger partial charge on any atom is -0.478 e. The maximum Gasteiger partial charge on any atom is 0.360 e. The van der Waals surface area contributed by atoms with Crippen LogP contribution in [0.5, 0.6) is 0 Å². The van der Waals surface area contributed by atoms with Gasteiger partial charge in [-0.15, -0.1) is 0 Å². The van der Waals surface area contributed by atoms with E-state index in [9.17, 15) is 20.0 Å². The zero-order chi connectivity index (χ0) is 34.7. The van der Waals surface area contributed by atoms with Crippen molar-refractivity contribution in [3.63, 3.8) is 0 Å². The lowest BCUT2D eigenvalue weighted by molar-refractivity contribution is -0.384. The van der Waals surface area contributed by atoms with Crippen LogP contribution in [0.3, 0.4) is 0 Å². The first kappa shape index (κ1) is 38.2. The van der Waals surface area contributed by atoms with E-state index in [0.29, 0.717) is 62.3 Å². The highest BCUT2D eigenvalue weighted by atomic mass is 31.2. The summed E-state index contributed by atoms with van der Waals surface area (Å²) in [6.07, 6.45) is 3.31. The Hall–Kier alpha value is -3.30. The second kappa shape index (κ2) is 17.7. The molecule has 3 atom stereocenters. The molecule has 0 amide bonds. The number of non-ortho nitro benzene ring substituents is 1. The summed E-state index contributed by atoms with van der Waals surface area (Å²) in [6, 6.07) is 16.0. The van der Waals surface area contributed by atoms with Gasteiger partial charge in [-0.2, -0.15) is 0 Å². The zero-order valence-corrected chi connectivity index (χ0v) is 29.9. The molecule has 11 heteroatoms. The topological polar surface area (TPSA) is 122 Å². The van der Waals surface area contributed by atoms with Gasteiger partial charge >= 0.3 is 13.6 Å². The van der Waals surface area contributed by atoms with Crippen LogP contribution >= 0.6 is 7.60 Å². The predicted octanol–water partition coefficient (Wildman–Crippen LogP) is 9.10. The van der Waals surface area contributed by atoms with Crippen molar-refractivity contribution in [2.24, 2.45) is 0 Å². The number of likely N-dealkylation sites (N-methyl/N-ethyl adjacent to an activating group) is 1. The summed E-state index contributed by atoms with van der Waals surface area (Å²) in [4.78, 5) is 28.6. The molecule has 0 bridgehead atoms. The lowest BCUT2D eigenvalue weighted by Crippen LogP contribution is -2.37. The van der Waals surface area contributed by atoms with Gasteiger partial charge in [-0.25, -0.2) is 4.79 Å². The Kier molecular flexibility index (Phi) is 14.4. The summed E-state index contributed by atoms with van der Waals surface area (Å²) in [5.41, 5.74) is 2.38. The Morgan fingerprint density at radius 1 is 0.979 bits per heavy atom. The summed E-state index contributed by atoms with van der Waals surface area (Å²) < 4.78 is 28.7. The van der Waals surface area contributed by atoms with Crippen molar-refractivity contribution in [1.29, 1.82) is 0 Å². The van der Waals surface area contributed by atoms with E-state index in [-0.39, 0.29) is 28.8 Å². The number of nitro benzene ring substituents is 1. The van der Waals surface area contributed by atoms with E-state index in [1.165, 1.54) is 18.2 Å². The molecule has 0 aromatic heterocycles. The third-order valence-electron chi connectivity index (χ3n) is 8.78. The Morgan fingerprint density at radius 2 is 1.57 bits per heavy atom. The van der Waals surface area contributed by atoms with Crippen molar-refractivity contribution in [3.8, 4) is 0 Å². The maximum atomic E-state index is 15.6. The number of hydrogen-bond donors (Lipinski definition) is 1. The van der Waals surface area contributed by atoms with Crippen LogP contribution in [0.2, 0.25) is 0 Å². The monoisotopic (exact) mass is 669 g/mol. The Balaban J connectivity index is 2.27. The van der Waals surface area contributed by atoms with Gasteiger partial charge in [-0.1, -0.05) is 83.0 Å². The van der Waals surface area contributed by atoms with Crippen LogP contribution in [-0.4, -0.2) is 58.1 Å². The van der Waals surface area contributed by atoms with Gasteiger partial charge in [0.1, 0.15) is 0 Å². The van der Waals surface area contributed by atoms with E-state index in [2.05, 4.69) is 17.0 Å². The Labute approximate surface area is 280 Å². The van der Waals surface area contributed by atoms with E-state index in [1.807, 2.05) is 64.8 Å². The largest absolute Gasteiger partial charge is 0.478 e. The van der Waals surface area contributed by atoms with E-state index < -0.39 is 24.4 Å². The first-order valence-corrected chi connectivity index (χ1v) is 18.3. The third-order valence-corrected chi connectivity index (χ3v) is 11.1. The maximum absolute atomic E-state index is 15.6. The molecule has 1 N–H and O–H groups in total. The molecule has 1 aliphatic rings. The molecule has 0 saturated heterocycles. The van der Waals surface area contributed by atoms with Crippen LogP contribution in [0.4, 0.5) is 5.69 Å². The number of rotatable bonds is 19. The SMILES string of the molecule is CCCC(CC)OP(=O)(OC(CC)CCC)C1=C(C)N(CCN(C)Cc2ccccc2)C(C)=C(C(=O)O)C1c1cccc([N+](=O)[O-])c1. The number of carboxylic acid groups (broad SMARTS) is 1. The standard InChI is InChI=1S/C36H52N3O7P/c1-8-16-31(10-3)45-47(44,46-32(11-4)17-9-2)35-27(6)38(23-22-37(7)25-28-18-13-12-14-19-28)26(5)33(36(40)41)34(35)29-20-15-21-30(24-29)39(42)43/h12-15,18-21,24,31-32,34H,8-11,16-17,22-23,25H2,1-7H3,(H,40,41). The molecule has 1 heterocycles. The normalized spacial score (nSPS) is 18.0. The summed E-state index contributed by atoms with van der Waals surface area (Å²) in [6.45, 7) is 13.3. The van der Waals surface area contributed by atoms with Gasteiger partial charge in [0.2, 0.25) is 0 Å². The molecule has 0 aliphatic carbocycles. The fraction of sp³-hybridized carbons (Fsp3) is 0.528. The number of hydrogen-bond acceptors (Lipinski definition) is 8. The summed E-state index contributed by atoms with van der Waals surface area (Å²) in [5, 5.41) is 22.9. The number of nitro groups is 1. The van der Waals surface area contributed by atoms with Crippen molar-refractivity contribution < 1.29 is 28.4 Å². The minimum atomic E-state index is -4.20. The summed E-state index contributed by atoms with van der Waals surface area (Å²) >= 11 is 0. The second-order valence-electron chi connectivity index (χ2n) is 12.3. The molecule has 258 valence electrons. The van der Waals surface area contributed by atoms with Crippen LogP contribution in [-0.2, 0) is 25.0 Å². The molecule has 0 radical (unpaired) electrons. The van der Waals surface area contributed by atoms with Crippen LogP contribution in [0.15, 0.2) is 76.9 Å². The smallest absolute Gasteiger partial charge is 0.360 e. The van der Waals surface area contributed by atoms with Crippen molar-refractivity contribution in [2.75, 3.05) is 20.1 Å². The van der Waals surface area contributed by atoms with Crippen LogP contribution in [0.1, 0.15) is 97.1 Å². The molecular weight excluding hydrogens is 617 g/mol. The molecule has 0 spiro atoms. The number of nitrogens with zero attached hydrogens (tertiary/aromatic N) is 3. The van der Waals surface area contributed by atoms with Gasteiger partial charge in [0.05, 0.1) is 33.9 Å². The lowest BCUT2D eigenvalue weighted by Gasteiger charge is -2.41. The lowest BCUT2D eigenvalue weighted by atomic mass is 9.85. The highest BCUT2D eigenvalue weighted by molar-refractivity contribution is 7.58. The van der Waals surface area contributed by atoms with Gasteiger partial charge in [-0.3, -0.25) is 14.7 Å². The molecule has 47 heavy (non-hydrogen) atoms. The van der Waals surface area contributed by atoms with Gasteiger partial charge in [-0.05, 0) is 57.7 Å². The van der Waals surface area contributed by atoms with Crippen molar-refractivity contribution in [1.82, 2.24) is 9.80 Å². The molecular formula is C36H52N3O7P. The molecule has 0 fully saturated rings. The Bertz CT molecular complexity index is 1460. The van der Waals surface area contributed by atoms with Gasteiger partial charge in [0, 0.05) is 43.2 Å². The highest BCUT2D eigenvalue weighted by Crippen LogP contribution is 2.67. The molecule has 3 unspecified atom stereocenters. The highest BCUT2D eigenvalue weighted by Gasteiger charge is 2.48. The Morgan fingerprint density at radius 3 is 2.09 bits per heavy atom. The molecule has 10 nitrogen and oxygen atoms in total. The van der Waals surface area contributed by atoms with Gasteiger partial charge in [0.25, 0.3) is 5.69 Å².